The Morgan fingerprint density at radius 3 is 2.73 bits per heavy atom. The lowest BCUT2D eigenvalue weighted by atomic mass is 10.00. The summed E-state index contributed by atoms with van der Waals surface area (Å²) in [7, 11) is 0. The molecule has 2 aliphatic rings. The summed E-state index contributed by atoms with van der Waals surface area (Å²) in [5.74, 6) is 1.05. The number of amides is 1. The molecule has 0 spiro atoms. The van der Waals surface area contributed by atoms with Crippen molar-refractivity contribution in [2.24, 2.45) is 0 Å². The van der Waals surface area contributed by atoms with Crippen LogP contribution in [0.25, 0.3) is 11.3 Å². The Kier molecular flexibility index (Phi) is 4.83. The van der Waals surface area contributed by atoms with E-state index < -0.39 is 0 Å². The molecule has 2 aromatic carbocycles. The fraction of sp³-hybridized carbons (Fsp3) is 0.261. The van der Waals surface area contributed by atoms with Gasteiger partial charge in [-0.25, -0.2) is 4.98 Å². The molecule has 3 aromatic rings. The van der Waals surface area contributed by atoms with Gasteiger partial charge < -0.3 is 9.64 Å². The van der Waals surface area contributed by atoms with Gasteiger partial charge in [0.05, 0.1) is 12.2 Å². The van der Waals surface area contributed by atoms with Crippen LogP contribution in [-0.2, 0) is 0 Å². The standard InChI is InChI=1S/C23H22N4O2S/c1-14-5-3-6-15(2)21(14)19-12-20-25-23(24-19)26-30-18-8-4-7-16(11-18)22(28)27-10-9-17(13-27)29-20/h3-8,11-12,17H,9-10,13H2,1-2H3,(H,24,25,26)/t17-/m1/s1. The lowest BCUT2D eigenvalue weighted by Gasteiger charge is -2.17. The van der Waals surface area contributed by atoms with Crippen molar-refractivity contribution in [3.05, 3.63) is 65.2 Å². The average molecular weight is 419 g/mol. The van der Waals surface area contributed by atoms with Crippen molar-refractivity contribution in [2.45, 2.75) is 31.3 Å². The molecule has 1 saturated heterocycles. The number of carbonyl (C=O) groups is 1. The quantitative estimate of drug-likeness (QED) is 0.588. The molecule has 0 radical (unpaired) electrons. The maximum Gasteiger partial charge on any atom is 0.254 e. The second-order valence-corrected chi connectivity index (χ2v) is 8.57. The molecule has 152 valence electrons. The van der Waals surface area contributed by atoms with E-state index in [1.807, 2.05) is 41.3 Å². The van der Waals surface area contributed by atoms with Crippen LogP contribution in [0.1, 0.15) is 27.9 Å². The van der Waals surface area contributed by atoms with Crippen molar-refractivity contribution in [1.82, 2.24) is 14.9 Å². The number of anilines is 1. The average Bonchev–Trinajstić information content (AvgIpc) is 3.19. The minimum atomic E-state index is -0.0842. The minimum Gasteiger partial charge on any atom is -0.472 e. The summed E-state index contributed by atoms with van der Waals surface area (Å²) in [4.78, 5) is 25.0. The first-order valence-corrected chi connectivity index (χ1v) is 10.8. The summed E-state index contributed by atoms with van der Waals surface area (Å²) < 4.78 is 9.44. The minimum absolute atomic E-state index is 0.0387. The van der Waals surface area contributed by atoms with E-state index in [0.717, 1.165) is 33.7 Å². The summed E-state index contributed by atoms with van der Waals surface area (Å²) in [6, 6.07) is 15.7. The predicted molar refractivity (Wildman–Crippen MR) is 118 cm³/mol. The smallest absolute Gasteiger partial charge is 0.254 e. The van der Waals surface area contributed by atoms with Gasteiger partial charge in [0.1, 0.15) is 6.10 Å². The maximum atomic E-state index is 12.9. The number of benzene rings is 2. The number of aromatic nitrogens is 2. The molecule has 0 aliphatic carbocycles. The van der Waals surface area contributed by atoms with Gasteiger partial charge in [-0.1, -0.05) is 24.3 Å². The van der Waals surface area contributed by atoms with Gasteiger partial charge >= 0.3 is 0 Å². The first kappa shape index (κ1) is 18.9. The topological polar surface area (TPSA) is 67.4 Å². The third kappa shape index (κ3) is 3.61. The molecule has 2 aliphatic heterocycles. The van der Waals surface area contributed by atoms with Crippen molar-refractivity contribution in [3.8, 4) is 17.1 Å². The summed E-state index contributed by atoms with van der Waals surface area (Å²) in [6.45, 7) is 5.41. The van der Waals surface area contributed by atoms with Crippen molar-refractivity contribution in [2.75, 3.05) is 17.8 Å². The largest absolute Gasteiger partial charge is 0.472 e. The van der Waals surface area contributed by atoms with Gasteiger partial charge in [-0.3, -0.25) is 9.52 Å². The number of hydrogen-bond donors (Lipinski definition) is 1. The fourth-order valence-corrected chi connectivity index (χ4v) is 4.67. The number of aryl methyl sites for hydroxylation is 2. The maximum absolute atomic E-state index is 12.9. The Balaban J connectivity index is 1.59. The Bertz CT molecular complexity index is 1110. The summed E-state index contributed by atoms with van der Waals surface area (Å²) >= 11 is 1.39. The molecule has 1 amide bonds. The molecule has 3 heterocycles. The lowest BCUT2D eigenvalue weighted by molar-refractivity contribution is 0.0771. The van der Waals surface area contributed by atoms with Crippen LogP contribution in [0.15, 0.2) is 53.4 Å². The molecular weight excluding hydrogens is 396 g/mol. The second-order valence-electron chi connectivity index (χ2n) is 7.69. The molecule has 6 nitrogen and oxygen atoms in total. The third-order valence-corrected chi connectivity index (χ3v) is 6.27. The predicted octanol–water partition coefficient (Wildman–Crippen LogP) is 4.49. The van der Waals surface area contributed by atoms with Gasteiger partial charge in [-0.05, 0) is 55.1 Å². The Morgan fingerprint density at radius 1 is 1.10 bits per heavy atom. The molecule has 5 rings (SSSR count). The summed E-state index contributed by atoms with van der Waals surface area (Å²) in [5, 5.41) is 0. The van der Waals surface area contributed by atoms with Crippen LogP contribution in [-0.4, -0.2) is 40.0 Å². The van der Waals surface area contributed by atoms with E-state index in [-0.39, 0.29) is 12.0 Å². The van der Waals surface area contributed by atoms with Crippen molar-refractivity contribution >= 4 is 23.8 Å². The molecule has 1 N–H and O–H groups in total. The van der Waals surface area contributed by atoms with Gasteiger partial charge in [0, 0.05) is 35.1 Å². The van der Waals surface area contributed by atoms with E-state index in [0.29, 0.717) is 30.5 Å². The van der Waals surface area contributed by atoms with Crippen LogP contribution in [0.2, 0.25) is 0 Å². The van der Waals surface area contributed by atoms with Gasteiger partial charge in [-0.15, -0.1) is 0 Å². The first-order chi connectivity index (χ1) is 14.6. The van der Waals surface area contributed by atoms with Gasteiger partial charge in [0.2, 0.25) is 11.8 Å². The van der Waals surface area contributed by atoms with Crippen LogP contribution in [0, 0.1) is 13.8 Å². The fourth-order valence-electron chi connectivity index (χ4n) is 4.04. The highest BCUT2D eigenvalue weighted by atomic mass is 32.2. The Morgan fingerprint density at radius 2 is 1.90 bits per heavy atom. The van der Waals surface area contributed by atoms with Crippen LogP contribution in [0.5, 0.6) is 5.88 Å². The van der Waals surface area contributed by atoms with Gasteiger partial charge in [0.25, 0.3) is 5.91 Å². The molecule has 30 heavy (non-hydrogen) atoms. The monoisotopic (exact) mass is 418 g/mol. The number of hydrogen-bond acceptors (Lipinski definition) is 6. The Labute approximate surface area is 179 Å². The van der Waals surface area contributed by atoms with E-state index in [9.17, 15) is 4.79 Å². The van der Waals surface area contributed by atoms with Crippen molar-refractivity contribution in [1.29, 1.82) is 0 Å². The molecule has 6 bridgehead atoms. The highest BCUT2D eigenvalue weighted by molar-refractivity contribution is 8.00. The molecular formula is C23H22N4O2S. The third-order valence-electron chi connectivity index (χ3n) is 5.50. The van der Waals surface area contributed by atoms with Crippen LogP contribution in [0.3, 0.4) is 0 Å². The molecule has 1 atom stereocenters. The van der Waals surface area contributed by atoms with Gasteiger partial charge in [-0.2, -0.15) is 4.98 Å². The summed E-state index contributed by atoms with van der Waals surface area (Å²) in [5.41, 5.74) is 4.91. The number of nitrogens with one attached hydrogen (secondary N) is 1. The van der Waals surface area contributed by atoms with E-state index in [1.54, 1.807) is 0 Å². The second kappa shape index (κ2) is 7.65. The molecule has 7 heteroatoms. The highest BCUT2D eigenvalue weighted by Crippen LogP contribution is 2.31. The van der Waals surface area contributed by atoms with E-state index in [1.165, 1.54) is 11.9 Å². The highest BCUT2D eigenvalue weighted by Gasteiger charge is 2.29. The molecule has 0 saturated carbocycles. The number of fused-ring (bicyclic) bond motifs is 6. The first-order valence-electron chi connectivity index (χ1n) is 10.0. The zero-order valence-corrected chi connectivity index (χ0v) is 17.7. The SMILES string of the molecule is Cc1cccc(C)c1-c1cc2nc(n1)NSc1cccc(c1)C(=O)N1CC[C@H](C1)O2. The van der Waals surface area contributed by atoms with Gasteiger partial charge in [0.15, 0.2) is 0 Å². The number of nitrogens with zero attached hydrogens (tertiary/aromatic N) is 3. The van der Waals surface area contributed by atoms with E-state index in [4.69, 9.17) is 9.72 Å². The van der Waals surface area contributed by atoms with E-state index in [2.05, 4.69) is 35.7 Å². The van der Waals surface area contributed by atoms with Crippen LogP contribution >= 0.6 is 11.9 Å². The number of carbonyl (C=O) groups excluding carboxylic acids is 1. The molecule has 0 unspecified atom stereocenters. The van der Waals surface area contributed by atoms with E-state index >= 15 is 0 Å². The zero-order valence-electron chi connectivity index (χ0n) is 16.9. The van der Waals surface area contributed by atoms with Crippen molar-refractivity contribution in [3.63, 3.8) is 0 Å². The van der Waals surface area contributed by atoms with Crippen LogP contribution in [0.4, 0.5) is 5.95 Å². The number of rotatable bonds is 1. The van der Waals surface area contributed by atoms with Crippen molar-refractivity contribution < 1.29 is 9.53 Å². The molecule has 1 fully saturated rings. The zero-order chi connectivity index (χ0) is 20.7. The molecule has 1 aromatic heterocycles. The lowest BCUT2D eigenvalue weighted by Crippen LogP contribution is -2.31. The van der Waals surface area contributed by atoms with Crippen LogP contribution < -0.4 is 9.46 Å². The summed E-state index contributed by atoms with van der Waals surface area (Å²) in [6.07, 6.45) is 0.699. The normalized spacial score (nSPS) is 18.0. The Hall–Kier alpha value is -3.06. The number of ether oxygens (including phenoxy) is 1.